The molecule has 0 aliphatic rings. The van der Waals surface area contributed by atoms with E-state index in [0.29, 0.717) is 4.21 Å². The molecule has 1 unspecified atom stereocenters. The van der Waals surface area contributed by atoms with Crippen molar-refractivity contribution in [1.82, 2.24) is 0 Å². The molecule has 11 heavy (non-hydrogen) atoms. The fourth-order valence-electron chi connectivity index (χ4n) is 0.814. The fraction of sp³-hybridized carbons (Fsp3) is 0.333. The molecule has 5 heteroatoms. The van der Waals surface area contributed by atoms with Crippen molar-refractivity contribution in [3.63, 3.8) is 0 Å². The molecule has 2 nitrogen and oxygen atoms in total. The molecular weight excluding hydrogens is 202 g/mol. The minimum absolute atomic E-state index is 0.502. The SMILES string of the molecule is CCc1ccsc1S(=N)(=O)Cl. The van der Waals surface area contributed by atoms with Gasteiger partial charge in [-0.1, -0.05) is 6.92 Å². The van der Waals surface area contributed by atoms with E-state index in [9.17, 15) is 4.21 Å². The van der Waals surface area contributed by atoms with E-state index in [-0.39, 0.29) is 0 Å². The smallest absolute Gasteiger partial charge is 0.166 e. The van der Waals surface area contributed by atoms with Crippen molar-refractivity contribution < 1.29 is 4.21 Å². The van der Waals surface area contributed by atoms with Crippen molar-refractivity contribution in [3.05, 3.63) is 17.0 Å². The minimum atomic E-state index is -3.01. The van der Waals surface area contributed by atoms with E-state index in [1.54, 1.807) is 0 Å². The first-order valence-corrected chi connectivity index (χ1v) is 6.37. The lowest BCUT2D eigenvalue weighted by Gasteiger charge is -1.96. The third-order valence-corrected chi connectivity index (χ3v) is 4.54. The molecule has 1 aromatic rings. The third kappa shape index (κ3) is 1.95. The fourth-order valence-corrected chi connectivity index (χ4v) is 3.37. The Hall–Kier alpha value is -0.0600. The summed E-state index contributed by atoms with van der Waals surface area (Å²) in [4.78, 5) is 0. The number of thiophene rings is 1. The summed E-state index contributed by atoms with van der Waals surface area (Å²) in [5.74, 6) is 0. The van der Waals surface area contributed by atoms with E-state index in [1.807, 2.05) is 18.4 Å². The van der Waals surface area contributed by atoms with E-state index in [1.165, 1.54) is 11.3 Å². The first kappa shape index (κ1) is 9.03. The lowest BCUT2D eigenvalue weighted by atomic mass is 10.3. The highest BCUT2D eigenvalue weighted by atomic mass is 35.7. The molecule has 1 atom stereocenters. The second-order valence-corrected chi connectivity index (χ2v) is 5.93. The van der Waals surface area contributed by atoms with Gasteiger partial charge in [0, 0.05) is 10.7 Å². The van der Waals surface area contributed by atoms with Crippen LogP contribution in [0.25, 0.3) is 0 Å². The Morgan fingerprint density at radius 3 is 2.82 bits per heavy atom. The Morgan fingerprint density at radius 2 is 2.45 bits per heavy atom. The van der Waals surface area contributed by atoms with E-state index >= 15 is 0 Å². The number of hydrogen-bond donors (Lipinski definition) is 1. The van der Waals surface area contributed by atoms with Crippen LogP contribution < -0.4 is 0 Å². The minimum Gasteiger partial charge on any atom is -0.235 e. The van der Waals surface area contributed by atoms with Crippen LogP contribution in [-0.2, 0) is 15.4 Å². The van der Waals surface area contributed by atoms with Gasteiger partial charge in [-0.15, -0.1) is 11.3 Å². The molecule has 1 rings (SSSR count). The number of rotatable bonds is 2. The van der Waals surface area contributed by atoms with E-state index in [0.717, 1.165) is 12.0 Å². The predicted octanol–water partition coefficient (Wildman–Crippen LogP) is 2.87. The molecule has 0 radical (unpaired) electrons. The summed E-state index contributed by atoms with van der Waals surface area (Å²) in [6.07, 6.45) is 0.779. The maximum Gasteiger partial charge on any atom is 0.166 e. The van der Waals surface area contributed by atoms with E-state index in [4.69, 9.17) is 15.5 Å². The van der Waals surface area contributed by atoms with Gasteiger partial charge in [-0.05, 0) is 23.4 Å². The van der Waals surface area contributed by atoms with Crippen LogP contribution in [0.3, 0.4) is 0 Å². The van der Waals surface area contributed by atoms with Crippen molar-refractivity contribution in [1.29, 1.82) is 4.78 Å². The highest BCUT2D eigenvalue weighted by Gasteiger charge is 2.11. The van der Waals surface area contributed by atoms with Gasteiger partial charge in [0.25, 0.3) is 0 Å². The van der Waals surface area contributed by atoms with Gasteiger partial charge in [-0.3, -0.25) is 0 Å². The molecule has 0 saturated carbocycles. The monoisotopic (exact) mass is 209 g/mol. The van der Waals surface area contributed by atoms with Gasteiger partial charge in [0.15, 0.2) is 8.94 Å². The van der Waals surface area contributed by atoms with Crippen LogP contribution in [-0.4, -0.2) is 4.21 Å². The molecule has 0 spiro atoms. The molecule has 1 heterocycles. The highest BCUT2D eigenvalue weighted by molar-refractivity contribution is 8.15. The average Bonchev–Trinajstić information content (AvgIpc) is 2.31. The van der Waals surface area contributed by atoms with Crippen molar-refractivity contribution >= 4 is 31.0 Å². The van der Waals surface area contributed by atoms with Crippen molar-refractivity contribution in [3.8, 4) is 0 Å². The summed E-state index contributed by atoms with van der Waals surface area (Å²) in [5.41, 5.74) is 0.921. The van der Waals surface area contributed by atoms with E-state index < -0.39 is 8.94 Å². The van der Waals surface area contributed by atoms with Gasteiger partial charge in [0.1, 0.15) is 4.21 Å². The summed E-state index contributed by atoms with van der Waals surface area (Å²) < 4.78 is 18.7. The van der Waals surface area contributed by atoms with Crippen molar-refractivity contribution in [2.45, 2.75) is 17.6 Å². The van der Waals surface area contributed by atoms with Crippen LogP contribution in [0.15, 0.2) is 15.7 Å². The molecule has 0 fully saturated rings. The molecule has 0 saturated heterocycles. The quantitative estimate of drug-likeness (QED) is 0.748. The predicted molar refractivity (Wildman–Crippen MR) is 48.7 cm³/mol. The lowest BCUT2D eigenvalue weighted by Crippen LogP contribution is -1.88. The van der Waals surface area contributed by atoms with Gasteiger partial charge < -0.3 is 0 Å². The topological polar surface area (TPSA) is 40.9 Å². The summed E-state index contributed by atoms with van der Waals surface area (Å²) in [6.45, 7) is 1.95. The first-order valence-electron chi connectivity index (χ1n) is 3.10. The second-order valence-electron chi connectivity index (χ2n) is 2.07. The Balaban J connectivity index is 3.24. The van der Waals surface area contributed by atoms with Crippen LogP contribution in [0, 0.1) is 4.78 Å². The first-order chi connectivity index (χ1) is 5.05. The zero-order valence-corrected chi connectivity index (χ0v) is 8.35. The van der Waals surface area contributed by atoms with Gasteiger partial charge in [-0.2, -0.15) is 0 Å². The molecule has 0 aliphatic heterocycles. The van der Waals surface area contributed by atoms with Crippen molar-refractivity contribution in [2.24, 2.45) is 0 Å². The number of halogens is 1. The van der Waals surface area contributed by atoms with Gasteiger partial charge in [0.05, 0.1) is 0 Å². The summed E-state index contributed by atoms with van der Waals surface area (Å²) in [7, 11) is 2.38. The van der Waals surface area contributed by atoms with Crippen LogP contribution in [0.5, 0.6) is 0 Å². The highest BCUT2D eigenvalue weighted by Crippen LogP contribution is 2.26. The van der Waals surface area contributed by atoms with Gasteiger partial charge in [0.2, 0.25) is 0 Å². The average molecular weight is 210 g/mol. The maximum atomic E-state index is 11.1. The van der Waals surface area contributed by atoms with E-state index in [2.05, 4.69) is 0 Å². The van der Waals surface area contributed by atoms with Crippen molar-refractivity contribution in [2.75, 3.05) is 0 Å². The van der Waals surface area contributed by atoms with Gasteiger partial charge >= 0.3 is 0 Å². The number of hydrogen-bond acceptors (Lipinski definition) is 3. The molecule has 0 bridgehead atoms. The molecule has 0 aromatic carbocycles. The summed E-state index contributed by atoms with van der Waals surface area (Å²) in [5, 5.41) is 1.81. The Morgan fingerprint density at radius 1 is 1.82 bits per heavy atom. The van der Waals surface area contributed by atoms with Crippen LogP contribution in [0.4, 0.5) is 0 Å². The Bertz CT molecular complexity index is 341. The van der Waals surface area contributed by atoms with Gasteiger partial charge in [-0.25, -0.2) is 8.99 Å². The molecular formula is C6H8ClNOS2. The van der Waals surface area contributed by atoms with Crippen LogP contribution in [0.1, 0.15) is 12.5 Å². The molecule has 1 N–H and O–H groups in total. The van der Waals surface area contributed by atoms with Crippen LogP contribution in [0.2, 0.25) is 0 Å². The molecule has 0 aliphatic carbocycles. The lowest BCUT2D eigenvalue weighted by molar-refractivity contribution is 0.684. The zero-order valence-electron chi connectivity index (χ0n) is 5.96. The molecule has 1 aromatic heterocycles. The largest absolute Gasteiger partial charge is 0.235 e. The normalized spacial score (nSPS) is 16.2. The molecule has 0 amide bonds. The summed E-state index contributed by atoms with van der Waals surface area (Å²) in [6, 6.07) is 1.86. The summed E-state index contributed by atoms with van der Waals surface area (Å²) >= 11 is 1.29. The van der Waals surface area contributed by atoms with Crippen LogP contribution >= 0.6 is 22.0 Å². The Labute approximate surface area is 74.7 Å². The standard InChI is InChI=1S/C6H8ClNOS2/c1-2-5-3-4-10-6(5)11(7,8)9/h3-4,8H,2H2,1H3. The maximum absolute atomic E-state index is 11.1. The second kappa shape index (κ2) is 3.13. The zero-order chi connectivity index (χ0) is 8.48. The Kier molecular flexibility index (Phi) is 2.57. The molecule has 62 valence electrons. The number of aryl methyl sites for hydroxylation is 1. The number of nitrogens with one attached hydrogen (secondary N) is 1. The third-order valence-electron chi connectivity index (χ3n) is 1.33.